The molecule has 2 aromatic rings. The summed E-state index contributed by atoms with van der Waals surface area (Å²) < 4.78 is 25.6. The first kappa shape index (κ1) is 25.8. The van der Waals surface area contributed by atoms with E-state index >= 15 is 0 Å². The second kappa shape index (κ2) is 10.9. The summed E-state index contributed by atoms with van der Waals surface area (Å²) in [4.78, 5) is 12.4. The standard InChI is InChI=1S/C22H28Cl2N2O3S2/c1-22(2,3)16-8-10-17(11-9-16)26(31(4,28)29)14-21(27)25-12-13-30-15-18-19(23)6-5-7-20(18)24/h5-11H,12-15H2,1-4H3,(H,25,27). The molecule has 0 aromatic heterocycles. The Balaban J connectivity index is 1.90. The van der Waals surface area contributed by atoms with Crippen LogP contribution < -0.4 is 9.62 Å². The van der Waals surface area contributed by atoms with E-state index < -0.39 is 10.0 Å². The van der Waals surface area contributed by atoms with Gasteiger partial charge in [-0.2, -0.15) is 11.8 Å². The van der Waals surface area contributed by atoms with Crippen LogP contribution in [0.25, 0.3) is 0 Å². The molecule has 170 valence electrons. The van der Waals surface area contributed by atoms with E-state index in [-0.39, 0.29) is 17.9 Å². The van der Waals surface area contributed by atoms with Gasteiger partial charge in [-0.1, -0.05) is 62.2 Å². The molecule has 0 saturated heterocycles. The third kappa shape index (κ3) is 7.90. The summed E-state index contributed by atoms with van der Waals surface area (Å²) in [5, 5.41) is 4.01. The van der Waals surface area contributed by atoms with Crippen LogP contribution in [-0.4, -0.2) is 39.4 Å². The van der Waals surface area contributed by atoms with Crippen LogP contribution in [0.4, 0.5) is 5.69 Å². The van der Waals surface area contributed by atoms with Gasteiger partial charge in [0.05, 0.1) is 11.9 Å². The third-order valence-electron chi connectivity index (χ3n) is 4.59. The molecule has 0 radical (unpaired) electrons. The largest absolute Gasteiger partial charge is 0.354 e. The van der Waals surface area contributed by atoms with Crippen LogP contribution in [0, 0.1) is 0 Å². The van der Waals surface area contributed by atoms with Gasteiger partial charge >= 0.3 is 0 Å². The third-order valence-corrected chi connectivity index (χ3v) is 7.42. The minimum Gasteiger partial charge on any atom is -0.354 e. The Labute approximate surface area is 199 Å². The van der Waals surface area contributed by atoms with Crippen molar-refractivity contribution in [1.29, 1.82) is 0 Å². The van der Waals surface area contributed by atoms with Crippen LogP contribution in [0.5, 0.6) is 0 Å². The minimum atomic E-state index is -3.60. The zero-order chi connectivity index (χ0) is 23.2. The molecule has 0 unspecified atom stereocenters. The van der Waals surface area contributed by atoms with Gasteiger partial charge in [-0.3, -0.25) is 9.10 Å². The normalized spacial score (nSPS) is 11.9. The molecule has 5 nitrogen and oxygen atoms in total. The molecule has 0 saturated carbocycles. The summed E-state index contributed by atoms with van der Waals surface area (Å²) in [5.41, 5.74) is 2.37. The van der Waals surface area contributed by atoms with Crippen molar-refractivity contribution in [1.82, 2.24) is 5.32 Å². The molecule has 0 aliphatic rings. The van der Waals surface area contributed by atoms with Crippen LogP contribution in [0.15, 0.2) is 42.5 Å². The zero-order valence-corrected chi connectivity index (χ0v) is 21.3. The van der Waals surface area contributed by atoms with Crippen molar-refractivity contribution in [2.75, 3.05) is 29.4 Å². The van der Waals surface area contributed by atoms with E-state index in [1.807, 2.05) is 12.1 Å². The molecule has 9 heteroatoms. The van der Waals surface area contributed by atoms with Crippen LogP contribution >= 0.6 is 35.0 Å². The van der Waals surface area contributed by atoms with Gasteiger partial charge in [0.15, 0.2) is 0 Å². The highest BCUT2D eigenvalue weighted by Crippen LogP contribution is 2.28. The number of halogens is 2. The predicted octanol–water partition coefficient (Wildman–Crippen LogP) is 5.11. The predicted molar refractivity (Wildman–Crippen MR) is 133 cm³/mol. The highest BCUT2D eigenvalue weighted by Gasteiger charge is 2.22. The highest BCUT2D eigenvalue weighted by atomic mass is 35.5. The fraction of sp³-hybridized carbons (Fsp3) is 0.409. The summed E-state index contributed by atoms with van der Waals surface area (Å²) in [6, 6.07) is 12.6. The molecule has 0 fully saturated rings. The number of benzene rings is 2. The number of anilines is 1. The summed E-state index contributed by atoms with van der Waals surface area (Å²) in [7, 11) is -3.60. The lowest BCUT2D eigenvalue weighted by Crippen LogP contribution is -2.41. The minimum absolute atomic E-state index is 0.0440. The second-order valence-electron chi connectivity index (χ2n) is 8.17. The molecule has 0 aliphatic carbocycles. The van der Waals surface area contributed by atoms with Crippen molar-refractivity contribution >= 4 is 56.6 Å². The van der Waals surface area contributed by atoms with Crippen LogP contribution in [0.2, 0.25) is 10.0 Å². The number of carbonyl (C=O) groups is 1. The number of nitrogens with one attached hydrogen (secondary N) is 1. The SMILES string of the molecule is CC(C)(C)c1ccc(N(CC(=O)NCCSCc2c(Cl)cccc2Cl)S(C)(=O)=O)cc1. The van der Waals surface area contributed by atoms with Crippen molar-refractivity contribution in [3.8, 4) is 0 Å². The van der Waals surface area contributed by atoms with Crippen molar-refractivity contribution in [3.05, 3.63) is 63.6 Å². The van der Waals surface area contributed by atoms with E-state index in [4.69, 9.17) is 23.2 Å². The lowest BCUT2D eigenvalue weighted by molar-refractivity contribution is -0.119. The maximum absolute atomic E-state index is 12.4. The summed E-state index contributed by atoms with van der Waals surface area (Å²) >= 11 is 13.9. The molecule has 1 N–H and O–H groups in total. The monoisotopic (exact) mass is 502 g/mol. The Kier molecular flexibility index (Phi) is 9.13. The van der Waals surface area contributed by atoms with E-state index in [1.165, 1.54) is 0 Å². The van der Waals surface area contributed by atoms with Gasteiger partial charge in [0.25, 0.3) is 0 Å². The van der Waals surface area contributed by atoms with Gasteiger partial charge in [-0.05, 0) is 40.8 Å². The first-order valence-electron chi connectivity index (χ1n) is 9.75. The van der Waals surface area contributed by atoms with E-state index in [2.05, 4.69) is 26.1 Å². The molecular formula is C22H28Cl2N2O3S2. The smallest absolute Gasteiger partial charge is 0.240 e. The molecule has 0 heterocycles. The van der Waals surface area contributed by atoms with Crippen molar-refractivity contribution in [2.24, 2.45) is 0 Å². The average molecular weight is 504 g/mol. The lowest BCUT2D eigenvalue weighted by Gasteiger charge is -2.24. The molecule has 0 bridgehead atoms. The maximum atomic E-state index is 12.4. The summed E-state index contributed by atoms with van der Waals surface area (Å²) in [6.45, 7) is 6.39. The Hall–Kier alpha value is -1.41. The Bertz CT molecular complexity index is 984. The first-order valence-corrected chi connectivity index (χ1v) is 13.5. The molecule has 0 spiro atoms. The molecule has 1 amide bonds. The van der Waals surface area contributed by atoms with E-state index in [0.717, 1.165) is 21.7 Å². The second-order valence-corrected chi connectivity index (χ2v) is 12.0. The van der Waals surface area contributed by atoms with E-state index in [9.17, 15) is 13.2 Å². The number of hydrogen-bond acceptors (Lipinski definition) is 4. The average Bonchev–Trinajstić information content (AvgIpc) is 2.66. The molecule has 2 aromatic carbocycles. The molecule has 0 aliphatic heterocycles. The van der Waals surface area contributed by atoms with Gasteiger partial charge in [0.1, 0.15) is 6.54 Å². The maximum Gasteiger partial charge on any atom is 0.240 e. The molecular weight excluding hydrogens is 475 g/mol. The van der Waals surface area contributed by atoms with Gasteiger partial charge < -0.3 is 5.32 Å². The number of thioether (sulfide) groups is 1. The molecule has 31 heavy (non-hydrogen) atoms. The van der Waals surface area contributed by atoms with Crippen molar-refractivity contribution in [2.45, 2.75) is 31.9 Å². The number of nitrogens with zero attached hydrogens (tertiary/aromatic N) is 1. The van der Waals surface area contributed by atoms with E-state index in [0.29, 0.717) is 33.8 Å². The fourth-order valence-corrected chi connectivity index (χ4v) is 5.27. The summed E-state index contributed by atoms with van der Waals surface area (Å²) in [5.74, 6) is 0.915. The zero-order valence-electron chi connectivity index (χ0n) is 18.1. The Morgan fingerprint density at radius 1 is 1.06 bits per heavy atom. The van der Waals surface area contributed by atoms with Gasteiger partial charge in [-0.25, -0.2) is 8.42 Å². The number of sulfonamides is 1. The lowest BCUT2D eigenvalue weighted by atomic mass is 9.87. The van der Waals surface area contributed by atoms with Crippen molar-refractivity contribution < 1.29 is 13.2 Å². The van der Waals surface area contributed by atoms with Crippen molar-refractivity contribution in [3.63, 3.8) is 0 Å². The Morgan fingerprint density at radius 3 is 2.16 bits per heavy atom. The number of rotatable bonds is 9. The number of carbonyl (C=O) groups excluding carboxylic acids is 1. The number of hydrogen-bond donors (Lipinski definition) is 1. The fourth-order valence-electron chi connectivity index (χ4n) is 2.82. The van der Waals surface area contributed by atoms with Crippen LogP contribution in [0.3, 0.4) is 0 Å². The first-order chi connectivity index (χ1) is 14.4. The van der Waals surface area contributed by atoms with Gasteiger partial charge in [0.2, 0.25) is 15.9 Å². The van der Waals surface area contributed by atoms with E-state index in [1.54, 1.807) is 42.1 Å². The van der Waals surface area contributed by atoms with Crippen LogP contribution in [0.1, 0.15) is 31.9 Å². The number of amides is 1. The molecule has 0 atom stereocenters. The van der Waals surface area contributed by atoms with Gasteiger partial charge in [-0.15, -0.1) is 0 Å². The quantitative estimate of drug-likeness (QED) is 0.484. The van der Waals surface area contributed by atoms with Crippen LogP contribution in [-0.2, 0) is 26.0 Å². The topological polar surface area (TPSA) is 66.5 Å². The molecule has 2 rings (SSSR count). The Morgan fingerprint density at radius 2 is 1.65 bits per heavy atom. The summed E-state index contributed by atoms with van der Waals surface area (Å²) in [6.07, 6.45) is 1.10. The highest BCUT2D eigenvalue weighted by molar-refractivity contribution is 7.98. The van der Waals surface area contributed by atoms with Gasteiger partial charge in [0, 0.05) is 28.1 Å².